The summed E-state index contributed by atoms with van der Waals surface area (Å²) < 4.78 is 6.12. The number of hydrogen-bond acceptors (Lipinski definition) is 2. The molecule has 0 aromatic carbocycles. The molecule has 2 heteroatoms. The highest BCUT2D eigenvalue weighted by molar-refractivity contribution is 5.91. The van der Waals surface area contributed by atoms with Crippen LogP contribution in [0.2, 0.25) is 0 Å². The normalized spacial score (nSPS) is 16.7. The van der Waals surface area contributed by atoms with Gasteiger partial charge in [-0.25, -0.2) is 0 Å². The lowest BCUT2D eigenvalue weighted by Gasteiger charge is -2.40. The summed E-state index contributed by atoms with van der Waals surface area (Å²) in [6, 6.07) is 0. The SMILES string of the molecule is CCC(C)(C)OC(C)(CC)C(=O)C(C)(C)CC. The smallest absolute Gasteiger partial charge is 0.169 e. The summed E-state index contributed by atoms with van der Waals surface area (Å²) in [7, 11) is 0. The molecule has 17 heavy (non-hydrogen) atoms. The Labute approximate surface area is 107 Å². The maximum absolute atomic E-state index is 12.6. The topological polar surface area (TPSA) is 26.3 Å². The van der Waals surface area contributed by atoms with E-state index >= 15 is 0 Å². The average Bonchev–Trinajstić information content (AvgIpc) is 2.27. The summed E-state index contributed by atoms with van der Waals surface area (Å²) in [5.41, 5.74) is -1.22. The summed E-state index contributed by atoms with van der Waals surface area (Å²) in [6.07, 6.45) is 2.47. The molecule has 0 aliphatic rings. The molecule has 1 unspecified atom stereocenters. The standard InChI is InChI=1S/C15H30O2/c1-9-13(4,5)12(16)15(8,11-3)17-14(6,7)10-2/h9-11H2,1-8H3. The maximum Gasteiger partial charge on any atom is 0.169 e. The Balaban J connectivity index is 5.10. The third kappa shape index (κ3) is 4.09. The highest BCUT2D eigenvalue weighted by atomic mass is 16.5. The molecule has 0 spiro atoms. The molecule has 0 aromatic heterocycles. The molecule has 0 aliphatic heterocycles. The number of hydrogen-bond donors (Lipinski definition) is 0. The number of ether oxygens (including phenoxy) is 1. The van der Waals surface area contributed by atoms with E-state index < -0.39 is 5.60 Å². The molecule has 0 amide bonds. The molecule has 0 aliphatic carbocycles. The van der Waals surface area contributed by atoms with Crippen LogP contribution in [-0.2, 0) is 9.53 Å². The van der Waals surface area contributed by atoms with Gasteiger partial charge in [-0.2, -0.15) is 0 Å². The summed E-state index contributed by atoms with van der Waals surface area (Å²) in [6.45, 7) is 16.2. The van der Waals surface area contributed by atoms with Crippen LogP contribution in [0.3, 0.4) is 0 Å². The predicted octanol–water partition coefficient (Wildman–Crippen LogP) is 4.37. The van der Waals surface area contributed by atoms with Crippen molar-refractivity contribution >= 4 is 5.78 Å². The van der Waals surface area contributed by atoms with Crippen LogP contribution in [0.1, 0.15) is 74.7 Å². The second-order valence-corrected chi connectivity index (χ2v) is 6.37. The minimum atomic E-state index is -0.668. The fourth-order valence-electron chi connectivity index (χ4n) is 1.84. The van der Waals surface area contributed by atoms with Crippen LogP contribution in [0.15, 0.2) is 0 Å². The first kappa shape index (κ1) is 16.6. The van der Waals surface area contributed by atoms with E-state index in [0.717, 1.165) is 19.3 Å². The van der Waals surface area contributed by atoms with Crippen molar-refractivity contribution in [2.75, 3.05) is 0 Å². The monoisotopic (exact) mass is 242 g/mol. The van der Waals surface area contributed by atoms with E-state index in [1.165, 1.54) is 0 Å². The molecule has 0 radical (unpaired) electrons. The lowest BCUT2D eigenvalue weighted by atomic mass is 9.76. The molecule has 0 fully saturated rings. The average molecular weight is 242 g/mol. The summed E-state index contributed by atoms with van der Waals surface area (Å²) in [4.78, 5) is 12.6. The first-order chi connectivity index (χ1) is 7.54. The highest BCUT2D eigenvalue weighted by Crippen LogP contribution is 2.34. The quantitative estimate of drug-likeness (QED) is 0.663. The Hall–Kier alpha value is -0.370. The lowest BCUT2D eigenvalue weighted by Crippen LogP contribution is -2.50. The first-order valence-electron chi connectivity index (χ1n) is 6.79. The number of ketones is 1. The minimum Gasteiger partial charge on any atom is -0.362 e. The van der Waals surface area contributed by atoms with Gasteiger partial charge in [0.1, 0.15) is 5.60 Å². The summed E-state index contributed by atoms with van der Waals surface area (Å²) in [5.74, 6) is 0.219. The van der Waals surface area contributed by atoms with Crippen LogP contribution in [-0.4, -0.2) is 17.0 Å². The van der Waals surface area contributed by atoms with Gasteiger partial charge in [0.05, 0.1) is 5.60 Å². The molecule has 0 rings (SSSR count). The van der Waals surface area contributed by atoms with Crippen LogP contribution in [0.5, 0.6) is 0 Å². The Morgan fingerprint density at radius 2 is 1.35 bits per heavy atom. The lowest BCUT2D eigenvalue weighted by molar-refractivity contribution is -0.174. The molecule has 0 heterocycles. The van der Waals surface area contributed by atoms with Crippen molar-refractivity contribution in [3.05, 3.63) is 0 Å². The molecule has 0 saturated carbocycles. The minimum absolute atomic E-state index is 0.219. The van der Waals surface area contributed by atoms with Gasteiger partial charge in [-0.3, -0.25) is 4.79 Å². The molecule has 0 saturated heterocycles. The van der Waals surface area contributed by atoms with Crippen molar-refractivity contribution in [2.24, 2.45) is 5.41 Å². The molecule has 102 valence electrons. The van der Waals surface area contributed by atoms with Gasteiger partial charge in [0.25, 0.3) is 0 Å². The van der Waals surface area contributed by atoms with Gasteiger partial charge in [0.15, 0.2) is 5.78 Å². The van der Waals surface area contributed by atoms with Crippen LogP contribution in [0, 0.1) is 5.41 Å². The molecular formula is C15H30O2. The van der Waals surface area contributed by atoms with Crippen molar-refractivity contribution in [1.82, 2.24) is 0 Å². The van der Waals surface area contributed by atoms with Crippen LogP contribution in [0.25, 0.3) is 0 Å². The van der Waals surface area contributed by atoms with Crippen molar-refractivity contribution in [3.8, 4) is 0 Å². The highest BCUT2D eigenvalue weighted by Gasteiger charge is 2.43. The van der Waals surface area contributed by atoms with E-state index in [4.69, 9.17) is 4.74 Å². The van der Waals surface area contributed by atoms with E-state index in [9.17, 15) is 4.79 Å². The van der Waals surface area contributed by atoms with Gasteiger partial charge >= 0.3 is 0 Å². The van der Waals surface area contributed by atoms with Gasteiger partial charge in [-0.15, -0.1) is 0 Å². The zero-order chi connectivity index (χ0) is 13.9. The zero-order valence-corrected chi connectivity index (χ0v) is 12.9. The number of carbonyl (C=O) groups is 1. The van der Waals surface area contributed by atoms with E-state index in [1.54, 1.807) is 0 Å². The molecule has 0 bridgehead atoms. The van der Waals surface area contributed by atoms with Gasteiger partial charge in [-0.1, -0.05) is 34.6 Å². The van der Waals surface area contributed by atoms with Gasteiger partial charge < -0.3 is 4.74 Å². The number of Topliss-reactive ketones (excluding diaryl/α,β-unsaturated/α-hetero) is 1. The molecule has 1 atom stereocenters. The molecule has 0 N–H and O–H groups in total. The van der Waals surface area contributed by atoms with Crippen molar-refractivity contribution in [2.45, 2.75) is 85.9 Å². The van der Waals surface area contributed by atoms with E-state index in [1.807, 2.05) is 41.5 Å². The van der Waals surface area contributed by atoms with Gasteiger partial charge in [0, 0.05) is 5.41 Å². The van der Waals surface area contributed by atoms with Gasteiger partial charge in [0.2, 0.25) is 0 Å². The Kier molecular flexibility index (Phi) is 5.39. The Morgan fingerprint density at radius 1 is 0.882 bits per heavy atom. The Bertz CT molecular complexity index is 266. The third-order valence-electron chi connectivity index (χ3n) is 4.01. The second kappa shape index (κ2) is 5.51. The van der Waals surface area contributed by atoms with Gasteiger partial charge in [-0.05, 0) is 40.0 Å². The van der Waals surface area contributed by atoms with Crippen molar-refractivity contribution in [1.29, 1.82) is 0 Å². The summed E-state index contributed by atoms with van der Waals surface area (Å²) >= 11 is 0. The maximum atomic E-state index is 12.6. The van der Waals surface area contributed by atoms with Crippen LogP contribution in [0.4, 0.5) is 0 Å². The number of carbonyl (C=O) groups excluding carboxylic acids is 1. The fraction of sp³-hybridized carbons (Fsp3) is 0.933. The van der Waals surface area contributed by atoms with Crippen LogP contribution >= 0.6 is 0 Å². The molecule has 2 nitrogen and oxygen atoms in total. The third-order valence-corrected chi connectivity index (χ3v) is 4.01. The van der Waals surface area contributed by atoms with E-state index in [0.29, 0.717) is 0 Å². The number of rotatable bonds is 7. The van der Waals surface area contributed by atoms with Crippen LogP contribution < -0.4 is 0 Å². The second-order valence-electron chi connectivity index (χ2n) is 6.37. The largest absolute Gasteiger partial charge is 0.362 e. The predicted molar refractivity (Wildman–Crippen MR) is 73.2 cm³/mol. The van der Waals surface area contributed by atoms with E-state index in [-0.39, 0.29) is 16.8 Å². The molecular weight excluding hydrogens is 212 g/mol. The van der Waals surface area contributed by atoms with Crippen molar-refractivity contribution < 1.29 is 9.53 Å². The van der Waals surface area contributed by atoms with Crippen molar-refractivity contribution in [3.63, 3.8) is 0 Å². The zero-order valence-electron chi connectivity index (χ0n) is 12.9. The summed E-state index contributed by atoms with van der Waals surface area (Å²) in [5, 5.41) is 0. The first-order valence-corrected chi connectivity index (χ1v) is 6.79. The van der Waals surface area contributed by atoms with E-state index in [2.05, 4.69) is 13.8 Å². The molecule has 0 aromatic rings. The Morgan fingerprint density at radius 3 is 1.65 bits per heavy atom. The fourth-order valence-corrected chi connectivity index (χ4v) is 1.84.